The van der Waals surface area contributed by atoms with Crippen molar-refractivity contribution in [3.63, 3.8) is 0 Å². The summed E-state index contributed by atoms with van der Waals surface area (Å²) in [6.45, 7) is 5.52. The molecule has 30 heavy (non-hydrogen) atoms. The fraction of sp³-hybridized carbons (Fsp3) is 0.455. The Labute approximate surface area is 179 Å². The van der Waals surface area contributed by atoms with Crippen LogP contribution in [0.15, 0.2) is 40.5 Å². The average Bonchev–Trinajstić information content (AvgIpc) is 3.29. The number of nitrogens with zero attached hydrogens (tertiary/aromatic N) is 4. The molecule has 7 nitrogen and oxygen atoms in total. The lowest BCUT2D eigenvalue weighted by Gasteiger charge is -2.15. The molecule has 1 aliphatic heterocycles. The minimum atomic E-state index is -0.152. The molecule has 0 bridgehead atoms. The maximum Gasteiger partial charge on any atom is 0.345 e. The summed E-state index contributed by atoms with van der Waals surface area (Å²) >= 11 is 1.35. The number of amides is 1. The second-order valence-corrected chi connectivity index (χ2v) is 9.02. The van der Waals surface area contributed by atoms with Crippen LogP contribution in [0.1, 0.15) is 48.7 Å². The first-order valence-electron chi connectivity index (χ1n) is 10.5. The molecule has 1 aliphatic rings. The van der Waals surface area contributed by atoms with Crippen LogP contribution in [0.2, 0.25) is 0 Å². The number of aryl methyl sites for hydroxylation is 2. The van der Waals surface area contributed by atoms with Crippen molar-refractivity contribution in [2.45, 2.75) is 58.7 Å². The van der Waals surface area contributed by atoms with E-state index in [1.165, 1.54) is 11.3 Å². The molecule has 0 spiro atoms. The van der Waals surface area contributed by atoms with Gasteiger partial charge in [0.15, 0.2) is 5.01 Å². The van der Waals surface area contributed by atoms with Gasteiger partial charge in [-0.15, -0.1) is 11.3 Å². The number of thiazole rings is 1. The van der Waals surface area contributed by atoms with E-state index in [2.05, 4.69) is 29.2 Å². The topological polar surface area (TPSA) is 81.8 Å². The Kier molecular flexibility index (Phi) is 6.13. The van der Waals surface area contributed by atoms with Crippen LogP contribution < -0.4 is 11.0 Å². The van der Waals surface area contributed by atoms with E-state index in [9.17, 15) is 9.59 Å². The number of fused-ring (bicyclic) bond motifs is 1. The van der Waals surface area contributed by atoms with Crippen LogP contribution in [-0.2, 0) is 19.5 Å². The van der Waals surface area contributed by atoms with E-state index in [1.54, 1.807) is 9.25 Å². The molecular weight excluding hydrogens is 398 g/mol. The van der Waals surface area contributed by atoms with Gasteiger partial charge in [-0.05, 0) is 25.2 Å². The monoisotopic (exact) mass is 425 g/mol. The minimum absolute atomic E-state index is 0.00629. The van der Waals surface area contributed by atoms with Crippen molar-refractivity contribution < 1.29 is 4.79 Å². The van der Waals surface area contributed by atoms with Gasteiger partial charge in [0.2, 0.25) is 0 Å². The highest BCUT2D eigenvalue weighted by Crippen LogP contribution is 2.22. The zero-order valence-electron chi connectivity index (χ0n) is 17.4. The van der Waals surface area contributed by atoms with Gasteiger partial charge in [-0.1, -0.05) is 44.2 Å². The SMILES string of the molecule is CC(C)CCn1nc2n(c1=O)CCC(NC(=O)c1nc(-c3ccccc3)cs1)CC2. The number of aromatic nitrogens is 4. The first kappa shape index (κ1) is 20.5. The van der Waals surface area contributed by atoms with Crippen LogP contribution in [0.3, 0.4) is 0 Å². The lowest BCUT2D eigenvalue weighted by molar-refractivity contribution is 0.0932. The second kappa shape index (κ2) is 8.95. The smallest absolute Gasteiger partial charge is 0.345 e. The molecule has 3 heterocycles. The van der Waals surface area contributed by atoms with Crippen LogP contribution in [0, 0.1) is 5.92 Å². The lowest BCUT2D eigenvalue weighted by Crippen LogP contribution is -2.35. The Morgan fingerprint density at radius 2 is 2.07 bits per heavy atom. The van der Waals surface area contributed by atoms with Crippen molar-refractivity contribution in [2.24, 2.45) is 5.92 Å². The number of benzene rings is 1. The van der Waals surface area contributed by atoms with Crippen molar-refractivity contribution in [2.75, 3.05) is 0 Å². The van der Waals surface area contributed by atoms with E-state index >= 15 is 0 Å². The van der Waals surface area contributed by atoms with Crippen LogP contribution in [0.25, 0.3) is 11.3 Å². The number of rotatable bonds is 6. The van der Waals surface area contributed by atoms with Gasteiger partial charge >= 0.3 is 5.69 Å². The van der Waals surface area contributed by atoms with Crippen LogP contribution in [0.5, 0.6) is 0 Å². The molecule has 3 aromatic rings. The Bertz CT molecular complexity index is 1070. The van der Waals surface area contributed by atoms with Crippen molar-refractivity contribution >= 4 is 17.2 Å². The molecule has 0 saturated carbocycles. The lowest BCUT2D eigenvalue weighted by atomic mass is 10.1. The molecule has 1 N–H and O–H groups in total. The fourth-order valence-electron chi connectivity index (χ4n) is 3.67. The zero-order chi connectivity index (χ0) is 21.1. The van der Waals surface area contributed by atoms with Gasteiger partial charge in [-0.25, -0.2) is 14.5 Å². The van der Waals surface area contributed by atoms with E-state index < -0.39 is 0 Å². The van der Waals surface area contributed by atoms with Crippen LogP contribution >= 0.6 is 11.3 Å². The predicted molar refractivity (Wildman–Crippen MR) is 118 cm³/mol. The van der Waals surface area contributed by atoms with Gasteiger partial charge in [-0.2, -0.15) is 5.10 Å². The third-order valence-electron chi connectivity index (χ3n) is 5.44. The van der Waals surface area contributed by atoms with Gasteiger partial charge in [0.05, 0.1) is 5.69 Å². The summed E-state index contributed by atoms with van der Waals surface area (Å²) in [5.41, 5.74) is 1.78. The highest BCUT2D eigenvalue weighted by Gasteiger charge is 2.23. The molecule has 2 aromatic heterocycles. The van der Waals surface area contributed by atoms with Crippen molar-refractivity contribution in [1.82, 2.24) is 24.6 Å². The molecule has 0 aliphatic carbocycles. The molecule has 1 atom stereocenters. The summed E-state index contributed by atoms with van der Waals surface area (Å²) in [5, 5.41) is 10.0. The molecule has 1 aromatic carbocycles. The Hall–Kier alpha value is -2.74. The van der Waals surface area contributed by atoms with Crippen LogP contribution in [-0.4, -0.2) is 31.3 Å². The largest absolute Gasteiger partial charge is 0.347 e. The Morgan fingerprint density at radius 3 is 2.83 bits per heavy atom. The summed E-state index contributed by atoms with van der Waals surface area (Å²) < 4.78 is 3.36. The maximum atomic E-state index is 12.7. The van der Waals surface area contributed by atoms with E-state index in [0.29, 0.717) is 36.9 Å². The van der Waals surface area contributed by atoms with Crippen LogP contribution in [0.4, 0.5) is 0 Å². The summed E-state index contributed by atoms with van der Waals surface area (Å²) in [5.74, 6) is 1.20. The quantitative estimate of drug-likeness (QED) is 0.657. The number of carbonyl (C=O) groups excluding carboxylic acids is 1. The third kappa shape index (κ3) is 4.53. The van der Waals surface area contributed by atoms with Gasteiger partial charge < -0.3 is 5.32 Å². The molecule has 0 radical (unpaired) electrons. The molecule has 158 valence electrons. The fourth-order valence-corrected chi connectivity index (χ4v) is 4.39. The molecule has 4 rings (SSSR count). The minimum Gasteiger partial charge on any atom is -0.347 e. The first-order valence-corrected chi connectivity index (χ1v) is 11.4. The number of nitrogens with one attached hydrogen (secondary N) is 1. The van der Waals surface area contributed by atoms with E-state index in [-0.39, 0.29) is 17.6 Å². The van der Waals surface area contributed by atoms with Gasteiger partial charge in [0.1, 0.15) is 5.82 Å². The van der Waals surface area contributed by atoms with Gasteiger partial charge in [0, 0.05) is 36.5 Å². The summed E-state index contributed by atoms with van der Waals surface area (Å²) in [7, 11) is 0. The second-order valence-electron chi connectivity index (χ2n) is 8.16. The predicted octanol–water partition coefficient (Wildman–Crippen LogP) is 3.35. The van der Waals surface area contributed by atoms with Crippen molar-refractivity contribution in [3.05, 3.63) is 57.0 Å². The van der Waals surface area contributed by atoms with Crippen molar-refractivity contribution in [3.8, 4) is 11.3 Å². The normalized spacial score (nSPS) is 16.3. The Morgan fingerprint density at radius 1 is 1.27 bits per heavy atom. The highest BCUT2D eigenvalue weighted by molar-refractivity contribution is 7.12. The molecule has 1 unspecified atom stereocenters. The standard InChI is InChI=1S/C22H27N5O2S/c1-15(2)10-13-27-22(29)26-12-11-17(8-9-19(26)25-27)23-20(28)21-24-18(14-30-21)16-6-4-3-5-7-16/h3-7,14-15,17H,8-13H2,1-2H3,(H,23,28). The summed E-state index contributed by atoms with van der Waals surface area (Å²) in [6, 6.07) is 9.85. The summed E-state index contributed by atoms with van der Waals surface area (Å²) in [6.07, 6.45) is 3.10. The first-order chi connectivity index (χ1) is 14.5. The molecule has 8 heteroatoms. The zero-order valence-corrected chi connectivity index (χ0v) is 18.2. The number of hydrogen-bond acceptors (Lipinski definition) is 5. The molecule has 0 saturated heterocycles. The molecular formula is C22H27N5O2S. The van der Waals surface area contributed by atoms with Crippen molar-refractivity contribution in [1.29, 1.82) is 0 Å². The van der Waals surface area contributed by atoms with E-state index in [4.69, 9.17) is 0 Å². The number of carbonyl (C=O) groups is 1. The number of hydrogen-bond donors (Lipinski definition) is 1. The molecule has 1 amide bonds. The average molecular weight is 426 g/mol. The Balaban J connectivity index is 1.38. The van der Waals surface area contributed by atoms with E-state index in [1.807, 2.05) is 35.7 Å². The summed E-state index contributed by atoms with van der Waals surface area (Å²) in [4.78, 5) is 29.8. The molecule has 0 fully saturated rings. The van der Waals surface area contributed by atoms with Gasteiger partial charge in [0.25, 0.3) is 5.91 Å². The maximum absolute atomic E-state index is 12.7. The van der Waals surface area contributed by atoms with E-state index in [0.717, 1.165) is 29.9 Å². The van der Waals surface area contributed by atoms with Gasteiger partial charge in [-0.3, -0.25) is 9.36 Å². The third-order valence-corrected chi connectivity index (χ3v) is 6.28. The highest BCUT2D eigenvalue weighted by atomic mass is 32.1.